The number of hydrogen-bond donors (Lipinski definition) is 0. The van der Waals surface area contributed by atoms with Gasteiger partial charge >= 0.3 is 24.3 Å². The Bertz CT molecular complexity index is 51.2. The molecule has 10 heavy (non-hydrogen) atoms. The van der Waals surface area contributed by atoms with Crippen LogP contribution in [-0.2, 0) is 24.3 Å². The standard InChI is InChI=1S/C8H17.O.Ta/c1-4-6-8(3)7-5-2;;/h4-7H2,1-3H3;;/q-1;;. The summed E-state index contributed by atoms with van der Waals surface area (Å²) in [5.41, 5.74) is 0. The molecule has 0 saturated carbocycles. The fraction of sp³-hybridized carbons (Fsp3) is 0.875. The maximum absolute atomic E-state index is 8.36. The van der Waals surface area contributed by atoms with E-state index in [1.165, 1.54) is 25.7 Å². The molecule has 0 atom stereocenters. The summed E-state index contributed by atoms with van der Waals surface area (Å²) in [6.07, 6.45) is 5.28. The molecule has 0 aliphatic rings. The van der Waals surface area contributed by atoms with Gasteiger partial charge in [-0.2, -0.15) is 19.8 Å². The molecule has 0 saturated heterocycles. The number of rotatable bonds is 4. The fourth-order valence-electron chi connectivity index (χ4n) is 0.979. The number of hydrogen-bond acceptors (Lipinski definition) is 1. The van der Waals surface area contributed by atoms with Crippen LogP contribution < -0.4 is 0 Å². The van der Waals surface area contributed by atoms with Crippen LogP contribution in [0.2, 0.25) is 0 Å². The third-order valence-corrected chi connectivity index (χ3v) is 1.35. The van der Waals surface area contributed by atoms with Crippen molar-refractivity contribution in [3.8, 4) is 0 Å². The molecule has 0 amide bonds. The molecule has 0 aromatic rings. The molecule has 0 aliphatic carbocycles. The van der Waals surface area contributed by atoms with Crippen molar-refractivity contribution >= 4 is 0 Å². The molecule has 61 valence electrons. The molecule has 0 fully saturated rings. The summed E-state index contributed by atoms with van der Waals surface area (Å²) < 4.78 is 8.36. The van der Waals surface area contributed by atoms with Crippen molar-refractivity contribution < 1.29 is 24.3 Å². The molecule has 0 aliphatic heterocycles. The second kappa shape index (κ2) is 12.2. The van der Waals surface area contributed by atoms with E-state index in [1.54, 1.807) is 5.92 Å². The Labute approximate surface area is 76.8 Å². The minimum atomic E-state index is 0.194. The summed E-state index contributed by atoms with van der Waals surface area (Å²) in [6, 6.07) is 0. The zero-order valence-corrected chi connectivity index (χ0v) is 10.4. The van der Waals surface area contributed by atoms with Crippen LogP contribution in [0.4, 0.5) is 0 Å². The van der Waals surface area contributed by atoms with E-state index in [1.807, 2.05) is 0 Å². The Kier molecular flexibility index (Phi) is 16.1. The SMILES string of the molecule is CCC[C-](C)CCC.[O]=[Ta]. The van der Waals surface area contributed by atoms with Gasteiger partial charge in [0.1, 0.15) is 0 Å². The van der Waals surface area contributed by atoms with Gasteiger partial charge in [0.15, 0.2) is 0 Å². The summed E-state index contributed by atoms with van der Waals surface area (Å²) >= 11 is 0.194. The zero-order chi connectivity index (χ0) is 8.41. The monoisotopic (exact) mass is 310 g/mol. The van der Waals surface area contributed by atoms with E-state index in [2.05, 4.69) is 20.8 Å². The van der Waals surface area contributed by atoms with Gasteiger partial charge in [0.05, 0.1) is 0 Å². The Morgan fingerprint density at radius 2 is 1.40 bits per heavy atom. The molecule has 2 heteroatoms. The van der Waals surface area contributed by atoms with Crippen LogP contribution in [0.15, 0.2) is 0 Å². The average Bonchev–Trinajstić information content (AvgIpc) is 1.93. The van der Waals surface area contributed by atoms with Crippen molar-refractivity contribution in [1.82, 2.24) is 0 Å². The molecule has 0 aromatic carbocycles. The topological polar surface area (TPSA) is 17.1 Å². The van der Waals surface area contributed by atoms with E-state index in [9.17, 15) is 0 Å². The molecule has 1 nitrogen and oxygen atoms in total. The van der Waals surface area contributed by atoms with Gasteiger partial charge in [-0.25, -0.2) is 0 Å². The van der Waals surface area contributed by atoms with Crippen molar-refractivity contribution in [3.63, 3.8) is 0 Å². The maximum atomic E-state index is 8.36. The van der Waals surface area contributed by atoms with Gasteiger partial charge in [0.25, 0.3) is 0 Å². The Morgan fingerprint density at radius 3 is 1.60 bits per heavy atom. The summed E-state index contributed by atoms with van der Waals surface area (Å²) in [5.74, 6) is 1.66. The van der Waals surface area contributed by atoms with Crippen molar-refractivity contribution in [1.29, 1.82) is 0 Å². The Balaban J connectivity index is 0. The molecule has 0 unspecified atom stereocenters. The Morgan fingerprint density at radius 1 is 1.10 bits per heavy atom. The fourth-order valence-corrected chi connectivity index (χ4v) is 0.979. The van der Waals surface area contributed by atoms with Crippen LogP contribution in [0.1, 0.15) is 46.5 Å². The first-order valence-electron chi connectivity index (χ1n) is 3.80. The molecular formula is C8H17OTa-. The van der Waals surface area contributed by atoms with Gasteiger partial charge in [-0.15, -0.1) is 0 Å². The van der Waals surface area contributed by atoms with Crippen molar-refractivity contribution in [2.24, 2.45) is 0 Å². The molecule has 0 radical (unpaired) electrons. The van der Waals surface area contributed by atoms with Crippen LogP contribution in [-0.4, -0.2) is 0 Å². The van der Waals surface area contributed by atoms with Gasteiger partial charge in [-0.1, -0.05) is 26.7 Å². The van der Waals surface area contributed by atoms with Crippen LogP contribution >= 0.6 is 0 Å². The molecule has 0 bridgehead atoms. The first-order chi connectivity index (χ1) is 4.81. The summed E-state index contributed by atoms with van der Waals surface area (Å²) in [4.78, 5) is 0. The van der Waals surface area contributed by atoms with Crippen LogP contribution in [0.25, 0.3) is 0 Å². The van der Waals surface area contributed by atoms with E-state index in [4.69, 9.17) is 3.25 Å². The van der Waals surface area contributed by atoms with Crippen molar-refractivity contribution in [3.05, 3.63) is 5.92 Å². The van der Waals surface area contributed by atoms with Gasteiger partial charge in [0, 0.05) is 0 Å². The van der Waals surface area contributed by atoms with E-state index >= 15 is 0 Å². The zero-order valence-electron chi connectivity index (χ0n) is 7.18. The van der Waals surface area contributed by atoms with Crippen LogP contribution in [0, 0.1) is 5.92 Å². The van der Waals surface area contributed by atoms with Crippen molar-refractivity contribution in [2.45, 2.75) is 46.5 Å². The summed E-state index contributed by atoms with van der Waals surface area (Å²) in [5, 5.41) is 0. The van der Waals surface area contributed by atoms with Gasteiger partial charge in [0.2, 0.25) is 0 Å². The normalized spacial score (nSPS) is 8.70. The van der Waals surface area contributed by atoms with Crippen LogP contribution in [0.3, 0.4) is 0 Å². The first-order valence-corrected chi connectivity index (χ1v) is 5.12. The van der Waals surface area contributed by atoms with Gasteiger partial charge < -0.3 is 5.92 Å². The summed E-state index contributed by atoms with van der Waals surface area (Å²) in [7, 11) is 0. The predicted molar refractivity (Wildman–Crippen MR) is 39.4 cm³/mol. The second-order valence-electron chi connectivity index (χ2n) is 2.46. The molecular weight excluding hydrogens is 293 g/mol. The average molecular weight is 310 g/mol. The molecule has 0 N–H and O–H groups in total. The minimum absolute atomic E-state index is 0.194. The van der Waals surface area contributed by atoms with Gasteiger partial charge in [-0.05, 0) is 0 Å². The quantitative estimate of drug-likeness (QED) is 0.730. The van der Waals surface area contributed by atoms with Crippen LogP contribution in [0.5, 0.6) is 0 Å². The van der Waals surface area contributed by atoms with Crippen molar-refractivity contribution in [2.75, 3.05) is 0 Å². The molecule has 0 spiro atoms. The first kappa shape index (κ1) is 13.2. The summed E-state index contributed by atoms with van der Waals surface area (Å²) in [6.45, 7) is 6.73. The van der Waals surface area contributed by atoms with E-state index in [-0.39, 0.29) is 21.0 Å². The molecule has 0 rings (SSSR count). The van der Waals surface area contributed by atoms with E-state index in [0.717, 1.165) is 0 Å². The van der Waals surface area contributed by atoms with E-state index in [0.29, 0.717) is 0 Å². The van der Waals surface area contributed by atoms with E-state index < -0.39 is 0 Å². The Hall–Kier alpha value is 0.540. The van der Waals surface area contributed by atoms with Gasteiger partial charge in [-0.3, -0.25) is 0 Å². The predicted octanol–water partition coefficient (Wildman–Crippen LogP) is 3.06. The second-order valence-corrected chi connectivity index (χ2v) is 2.46. The third-order valence-electron chi connectivity index (χ3n) is 1.35. The molecule has 0 heterocycles. The molecule has 0 aromatic heterocycles. The third kappa shape index (κ3) is 11.4.